The van der Waals surface area contributed by atoms with Gasteiger partial charge in [-0.15, -0.1) is 0 Å². The summed E-state index contributed by atoms with van der Waals surface area (Å²) in [5.41, 5.74) is 7.19. The maximum absolute atomic E-state index is 13.5. The van der Waals surface area contributed by atoms with Crippen molar-refractivity contribution in [1.82, 2.24) is 0 Å². The van der Waals surface area contributed by atoms with Crippen molar-refractivity contribution in [2.24, 2.45) is 41.4 Å². The molecule has 0 radical (unpaired) electrons. The largest absolute Gasteiger partial charge is 0.378 e. The molecule has 40 heavy (non-hydrogen) atoms. The third-order valence-electron chi connectivity index (χ3n) is 12.3. The molecule has 204 valence electrons. The van der Waals surface area contributed by atoms with Crippen LogP contribution in [0.5, 0.6) is 0 Å². The quantitative estimate of drug-likeness (QED) is 0.355. The fourth-order valence-electron chi connectivity index (χ4n) is 11.1. The van der Waals surface area contributed by atoms with Crippen LogP contribution in [-0.2, 0) is 0 Å². The second kappa shape index (κ2) is 8.96. The van der Waals surface area contributed by atoms with Crippen LogP contribution in [0.4, 0.5) is 11.4 Å². The van der Waals surface area contributed by atoms with Crippen LogP contribution >= 0.6 is 0 Å². The van der Waals surface area contributed by atoms with E-state index in [1.807, 2.05) is 6.07 Å². The lowest BCUT2D eigenvalue weighted by Gasteiger charge is -2.54. The summed E-state index contributed by atoms with van der Waals surface area (Å²) in [5, 5.41) is 7.14. The monoisotopic (exact) mass is 528 g/mol. The Kier molecular flexibility index (Phi) is 5.29. The van der Waals surface area contributed by atoms with Gasteiger partial charge < -0.3 is 10.6 Å². The van der Waals surface area contributed by atoms with E-state index in [0.717, 1.165) is 52.7 Å². The Hall–Kier alpha value is -3.07. The Morgan fingerprint density at radius 3 is 2.15 bits per heavy atom. The van der Waals surface area contributed by atoms with E-state index in [0.29, 0.717) is 17.9 Å². The first-order chi connectivity index (χ1) is 19.7. The standard InChI is InChI=1S/C37H40N2O/c40-37(38-30-11-8-23(9-12-30)33-28-15-21-14-22(17-28)18-29(33)16-21)27-10-13-32-31(20-27)34-25-6-7-26(19-25)35(34)36(39-32)24-4-2-1-3-5-24/h1-5,8-13,20-22,25-26,28-29,33-36,39H,6-7,14-19H2,(H,38,40)/t21?,22?,25-,26-,28?,29?,33?,34-,35-,36+/m0/s1. The van der Waals surface area contributed by atoms with E-state index in [-0.39, 0.29) is 5.91 Å². The van der Waals surface area contributed by atoms with Gasteiger partial charge in [0, 0.05) is 16.9 Å². The van der Waals surface area contributed by atoms with E-state index in [4.69, 9.17) is 0 Å². The van der Waals surface area contributed by atoms with Crippen LogP contribution in [0.2, 0.25) is 0 Å². The van der Waals surface area contributed by atoms with E-state index < -0.39 is 0 Å². The molecule has 0 saturated heterocycles. The normalized spacial score (nSPS) is 38.0. The molecule has 3 nitrogen and oxygen atoms in total. The lowest BCUT2D eigenvalue weighted by Crippen LogP contribution is -2.43. The van der Waals surface area contributed by atoms with Gasteiger partial charge >= 0.3 is 0 Å². The highest BCUT2D eigenvalue weighted by atomic mass is 16.1. The summed E-state index contributed by atoms with van der Waals surface area (Å²) in [6.07, 6.45) is 11.3. The van der Waals surface area contributed by atoms with E-state index in [1.165, 1.54) is 73.7 Å². The van der Waals surface area contributed by atoms with Gasteiger partial charge in [0.05, 0.1) is 6.04 Å². The summed E-state index contributed by atoms with van der Waals surface area (Å²) in [4.78, 5) is 13.5. The fourth-order valence-corrected chi connectivity index (χ4v) is 11.1. The van der Waals surface area contributed by atoms with Crippen molar-refractivity contribution in [3.8, 4) is 0 Å². The highest BCUT2D eigenvalue weighted by Gasteiger charge is 2.54. The van der Waals surface area contributed by atoms with Crippen LogP contribution < -0.4 is 10.6 Å². The van der Waals surface area contributed by atoms with Gasteiger partial charge in [0.25, 0.3) is 5.91 Å². The van der Waals surface area contributed by atoms with Gasteiger partial charge in [0.1, 0.15) is 0 Å². The molecule has 0 spiro atoms. The summed E-state index contributed by atoms with van der Waals surface area (Å²) in [6.45, 7) is 0. The van der Waals surface area contributed by atoms with Crippen LogP contribution in [0.25, 0.3) is 0 Å². The van der Waals surface area contributed by atoms with E-state index in [9.17, 15) is 4.79 Å². The number of hydrogen-bond acceptors (Lipinski definition) is 2. The molecule has 7 aliphatic rings. The number of hydrogen-bond donors (Lipinski definition) is 2. The van der Waals surface area contributed by atoms with Gasteiger partial charge in [-0.25, -0.2) is 0 Å². The van der Waals surface area contributed by atoms with Gasteiger partial charge in [-0.2, -0.15) is 0 Å². The number of carbonyl (C=O) groups is 1. The minimum absolute atomic E-state index is 0.00932. The second-order valence-corrected chi connectivity index (χ2v) is 14.3. The Morgan fingerprint density at radius 2 is 1.40 bits per heavy atom. The summed E-state index contributed by atoms with van der Waals surface area (Å²) in [6, 6.07) is 26.7. The Balaban J connectivity index is 0.956. The number of fused-ring (bicyclic) bond motifs is 7. The molecule has 0 unspecified atom stereocenters. The smallest absolute Gasteiger partial charge is 0.255 e. The minimum Gasteiger partial charge on any atom is -0.378 e. The zero-order valence-electron chi connectivity index (χ0n) is 23.3. The van der Waals surface area contributed by atoms with Crippen molar-refractivity contribution < 1.29 is 4.79 Å². The molecule has 6 bridgehead atoms. The van der Waals surface area contributed by atoms with Gasteiger partial charge in [-0.3, -0.25) is 4.79 Å². The maximum atomic E-state index is 13.5. The first-order valence-corrected chi connectivity index (χ1v) is 16.0. The van der Waals surface area contributed by atoms with Crippen LogP contribution in [0.15, 0.2) is 72.8 Å². The van der Waals surface area contributed by atoms with E-state index in [2.05, 4.69) is 77.4 Å². The zero-order valence-corrected chi connectivity index (χ0v) is 23.3. The van der Waals surface area contributed by atoms with Crippen LogP contribution in [0, 0.1) is 41.4 Å². The summed E-state index contributed by atoms with van der Waals surface area (Å²) in [5.74, 6) is 7.22. The van der Waals surface area contributed by atoms with Gasteiger partial charge in [-0.05, 0) is 152 Å². The minimum atomic E-state index is 0.00932. The second-order valence-electron chi connectivity index (χ2n) is 14.3. The third-order valence-corrected chi connectivity index (χ3v) is 12.3. The lowest BCUT2D eigenvalue weighted by molar-refractivity contribution is -0.00277. The molecule has 1 heterocycles. The topological polar surface area (TPSA) is 41.1 Å². The van der Waals surface area contributed by atoms with Crippen LogP contribution in [-0.4, -0.2) is 5.91 Å². The predicted molar refractivity (Wildman–Crippen MR) is 160 cm³/mol. The van der Waals surface area contributed by atoms with Crippen LogP contribution in [0.3, 0.4) is 0 Å². The van der Waals surface area contributed by atoms with Crippen molar-refractivity contribution in [1.29, 1.82) is 0 Å². The van der Waals surface area contributed by atoms with Gasteiger partial charge in [-0.1, -0.05) is 42.5 Å². The number of rotatable bonds is 4. The molecular weight excluding hydrogens is 488 g/mol. The third kappa shape index (κ3) is 3.65. The summed E-state index contributed by atoms with van der Waals surface area (Å²) >= 11 is 0. The Bertz CT molecular complexity index is 1420. The molecule has 10 rings (SSSR count). The van der Waals surface area contributed by atoms with Crippen LogP contribution in [0.1, 0.15) is 96.3 Å². The SMILES string of the molecule is O=C(Nc1ccc(C2C3CC4CC(C3)CC2C4)cc1)c1ccc2c(c1)[C@@H]1[C@H]3CC[C@@H](C3)[C@@H]1[C@@H](c1ccccc1)N2. The van der Waals surface area contributed by atoms with Gasteiger partial charge in [0.2, 0.25) is 0 Å². The van der Waals surface area contributed by atoms with Crippen molar-refractivity contribution in [3.05, 3.63) is 95.1 Å². The average molecular weight is 529 g/mol. The molecular formula is C37H40N2O. The molecule has 1 aliphatic heterocycles. The molecule has 5 atom stereocenters. The number of anilines is 2. The zero-order chi connectivity index (χ0) is 26.4. The molecule has 1 amide bonds. The molecule has 6 aliphatic carbocycles. The molecule has 3 aromatic rings. The van der Waals surface area contributed by atoms with Crippen molar-refractivity contribution in [3.63, 3.8) is 0 Å². The first-order valence-electron chi connectivity index (χ1n) is 16.0. The first kappa shape index (κ1) is 23.6. The molecule has 3 heteroatoms. The summed E-state index contributed by atoms with van der Waals surface area (Å²) < 4.78 is 0. The van der Waals surface area contributed by atoms with Crippen molar-refractivity contribution in [2.75, 3.05) is 10.6 Å². The number of amides is 1. The van der Waals surface area contributed by atoms with Gasteiger partial charge in [0.15, 0.2) is 0 Å². The molecule has 3 aromatic carbocycles. The molecule has 2 N–H and O–H groups in total. The number of benzene rings is 3. The Labute approximate surface area is 238 Å². The molecule has 6 fully saturated rings. The number of nitrogens with one attached hydrogen (secondary N) is 2. The lowest BCUT2D eigenvalue weighted by atomic mass is 9.51. The molecule has 0 aromatic heterocycles. The van der Waals surface area contributed by atoms with E-state index in [1.54, 1.807) is 0 Å². The Morgan fingerprint density at radius 1 is 0.675 bits per heavy atom. The maximum Gasteiger partial charge on any atom is 0.255 e. The highest BCUT2D eigenvalue weighted by molar-refractivity contribution is 6.04. The highest BCUT2D eigenvalue weighted by Crippen LogP contribution is 2.64. The van der Waals surface area contributed by atoms with Crippen molar-refractivity contribution >= 4 is 17.3 Å². The fraction of sp³-hybridized carbons (Fsp3) is 0.486. The average Bonchev–Trinajstić information content (AvgIpc) is 3.60. The molecule has 6 saturated carbocycles. The predicted octanol–water partition coefficient (Wildman–Crippen LogP) is 8.78. The number of carbonyl (C=O) groups excluding carboxylic acids is 1. The summed E-state index contributed by atoms with van der Waals surface area (Å²) in [7, 11) is 0. The van der Waals surface area contributed by atoms with E-state index >= 15 is 0 Å². The van der Waals surface area contributed by atoms with Crippen molar-refractivity contribution in [2.45, 2.75) is 69.2 Å².